The fraction of sp³-hybridized carbons (Fsp3) is 0.524. The normalized spacial score (nSPS) is 22.6. The van der Waals surface area contributed by atoms with Crippen LogP contribution in [0.1, 0.15) is 50.3 Å². The Morgan fingerprint density at radius 1 is 1.32 bits per heavy atom. The molecule has 4 heteroatoms. The van der Waals surface area contributed by atoms with Crippen LogP contribution in [-0.4, -0.2) is 41.4 Å². The summed E-state index contributed by atoms with van der Waals surface area (Å²) >= 11 is 0. The van der Waals surface area contributed by atoms with E-state index in [0.29, 0.717) is 6.42 Å². The molecule has 2 aliphatic heterocycles. The van der Waals surface area contributed by atoms with Crippen LogP contribution in [-0.2, 0) is 16.0 Å². The third kappa shape index (κ3) is 2.59. The molecule has 132 valence electrons. The van der Waals surface area contributed by atoms with Crippen LogP contribution in [0.5, 0.6) is 0 Å². The van der Waals surface area contributed by atoms with Crippen molar-refractivity contribution in [2.45, 2.75) is 45.4 Å². The number of carbonyl (C=O) groups excluding carboxylic acids is 1. The highest BCUT2D eigenvalue weighted by atomic mass is 16.5. The van der Waals surface area contributed by atoms with Crippen LogP contribution < -0.4 is 0 Å². The Bertz CT molecular complexity index is 849. The number of hydrogen-bond acceptors (Lipinski definition) is 2. The number of hydrogen-bond donors (Lipinski definition) is 1. The number of benzene rings is 1. The van der Waals surface area contributed by atoms with Crippen LogP contribution in [0.25, 0.3) is 10.9 Å². The van der Waals surface area contributed by atoms with Gasteiger partial charge >= 0.3 is 5.97 Å². The Hall–Kier alpha value is -2.10. The van der Waals surface area contributed by atoms with Crippen molar-refractivity contribution >= 4 is 22.6 Å². The quantitative estimate of drug-likeness (QED) is 0.682. The molecule has 0 aliphatic carbocycles. The number of para-hydroxylation sites is 1. The van der Waals surface area contributed by atoms with E-state index in [0.717, 1.165) is 38.8 Å². The van der Waals surface area contributed by atoms with E-state index in [2.05, 4.69) is 40.7 Å². The van der Waals surface area contributed by atoms with Crippen LogP contribution in [0.3, 0.4) is 0 Å². The van der Waals surface area contributed by atoms with E-state index in [9.17, 15) is 4.79 Å². The number of rotatable bonds is 4. The summed E-state index contributed by atoms with van der Waals surface area (Å²) < 4.78 is 7.49. The lowest BCUT2D eigenvalue weighted by atomic mass is 9.68. The van der Waals surface area contributed by atoms with Crippen LogP contribution in [0.4, 0.5) is 0 Å². The van der Waals surface area contributed by atoms with E-state index in [4.69, 9.17) is 4.74 Å². The molecule has 0 fully saturated rings. The van der Waals surface area contributed by atoms with Crippen LogP contribution in [0.2, 0.25) is 0 Å². The number of carbonyl (C=O) groups is 1. The molecule has 2 aliphatic rings. The third-order valence-corrected chi connectivity index (χ3v) is 6.30. The molecule has 4 nitrogen and oxygen atoms in total. The minimum absolute atomic E-state index is 0.0719. The van der Waals surface area contributed by atoms with Crippen LogP contribution in [0.15, 0.2) is 24.3 Å². The highest BCUT2D eigenvalue weighted by molar-refractivity contribution is 6.06. The van der Waals surface area contributed by atoms with Gasteiger partial charge in [-0.1, -0.05) is 25.1 Å². The molecule has 0 spiro atoms. The lowest BCUT2D eigenvalue weighted by Crippen LogP contribution is -2.46. The number of esters is 1. The molecule has 0 bridgehead atoms. The zero-order valence-electron chi connectivity index (χ0n) is 15.2. The van der Waals surface area contributed by atoms with Gasteiger partial charge in [0.05, 0.1) is 12.5 Å². The molecule has 4 rings (SSSR count). The fourth-order valence-corrected chi connectivity index (χ4v) is 4.94. The number of nitrogens with zero attached hydrogens (tertiary/aromatic N) is 1. The van der Waals surface area contributed by atoms with Crippen molar-refractivity contribution in [1.82, 2.24) is 4.98 Å². The van der Waals surface area contributed by atoms with Gasteiger partial charge in [-0.2, -0.15) is 0 Å². The van der Waals surface area contributed by atoms with Crippen molar-refractivity contribution in [2.75, 3.05) is 20.2 Å². The average molecular weight is 339 g/mol. The van der Waals surface area contributed by atoms with E-state index in [1.165, 1.54) is 41.4 Å². The van der Waals surface area contributed by atoms with Gasteiger partial charge in [0.25, 0.3) is 0 Å². The van der Waals surface area contributed by atoms with Crippen molar-refractivity contribution in [3.05, 3.63) is 35.5 Å². The number of fused-ring (bicyclic) bond motifs is 4. The molecule has 0 radical (unpaired) electrons. The first-order valence-corrected chi connectivity index (χ1v) is 9.47. The van der Waals surface area contributed by atoms with E-state index < -0.39 is 0 Å². The summed E-state index contributed by atoms with van der Waals surface area (Å²) in [6.07, 6.45) is 5.88. The van der Waals surface area contributed by atoms with Gasteiger partial charge in [0, 0.05) is 30.2 Å². The van der Waals surface area contributed by atoms with Gasteiger partial charge in [-0.05, 0) is 30.9 Å². The van der Waals surface area contributed by atoms with Crippen molar-refractivity contribution in [3.8, 4) is 0 Å². The van der Waals surface area contributed by atoms with Crippen molar-refractivity contribution in [1.29, 1.82) is 0 Å². The van der Waals surface area contributed by atoms with Crippen molar-refractivity contribution in [3.63, 3.8) is 0 Å². The van der Waals surface area contributed by atoms with Gasteiger partial charge < -0.3 is 9.72 Å². The molecule has 1 atom stereocenters. The zero-order valence-corrected chi connectivity index (χ0v) is 15.2. The van der Waals surface area contributed by atoms with E-state index >= 15 is 0 Å². The first kappa shape index (κ1) is 16.4. The van der Waals surface area contributed by atoms with Crippen LogP contribution in [0, 0.1) is 5.41 Å². The number of nitrogens with one attached hydrogen (secondary N) is 1. The maximum atomic E-state index is 11.8. The highest BCUT2D eigenvalue weighted by Gasteiger charge is 2.47. The van der Waals surface area contributed by atoms with Gasteiger partial charge in [-0.15, -0.1) is 0 Å². The smallest absolute Gasteiger partial charge is 0.305 e. The number of methoxy groups -OCH3 is 1. The fourth-order valence-electron chi connectivity index (χ4n) is 4.94. The maximum Gasteiger partial charge on any atom is 0.305 e. The van der Waals surface area contributed by atoms with E-state index in [-0.39, 0.29) is 11.4 Å². The average Bonchev–Trinajstić information content (AvgIpc) is 3.04. The Kier molecular flexibility index (Phi) is 4.14. The second-order valence-corrected chi connectivity index (χ2v) is 7.42. The summed E-state index contributed by atoms with van der Waals surface area (Å²) in [5, 5.41) is 1.35. The van der Waals surface area contributed by atoms with E-state index in [1.54, 1.807) is 0 Å². The van der Waals surface area contributed by atoms with Gasteiger partial charge in [0.15, 0.2) is 0 Å². The monoisotopic (exact) mass is 339 g/mol. The van der Waals surface area contributed by atoms with E-state index in [1.807, 2.05) is 0 Å². The molecule has 25 heavy (non-hydrogen) atoms. The van der Waals surface area contributed by atoms with Gasteiger partial charge in [-0.3, -0.25) is 4.79 Å². The SMILES string of the molecule is CC[C@@]1(CCC(=O)OC)CCC[N+]2=C1c1[nH]c3ccccc3c1CC2. The summed E-state index contributed by atoms with van der Waals surface area (Å²) in [5.41, 5.74) is 5.52. The van der Waals surface area contributed by atoms with Crippen LogP contribution >= 0.6 is 0 Å². The number of ether oxygens (including phenoxy) is 1. The Balaban J connectivity index is 1.83. The third-order valence-electron chi connectivity index (χ3n) is 6.30. The molecule has 1 N–H and O–H groups in total. The Morgan fingerprint density at radius 2 is 2.16 bits per heavy atom. The summed E-state index contributed by atoms with van der Waals surface area (Å²) in [6.45, 7) is 4.49. The van der Waals surface area contributed by atoms with Crippen molar-refractivity contribution in [2.24, 2.45) is 5.41 Å². The summed E-state index contributed by atoms with van der Waals surface area (Å²) in [4.78, 5) is 15.5. The summed E-state index contributed by atoms with van der Waals surface area (Å²) in [7, 11) is 1.48. The Labute approximate surface area is 148 Å². The predicted molar refractivity (Wildman–Crippen MR) is 99.3 cm³/mol. The molecule has 2 aromatic rings. The van der Waals surface area contributed by atoms with Gasteiger partial charge in [0.1, 0.15) is 18.8 Å². The Morgan fingerprint density at radius 3 is 2.96 bits per heavy atom. The second kappa shape index (κ2) is 6.32. The highest BCUT2D eigenvalue weighted by Crippen LogP contribution is 2.43. The molecule has 0 saturated carbocycles. The standard InChI is InChI=1S/C21H26N2O2/c1-3-21(12-9-18(24)25-2)11-6-13-23-14-10-16-15-7-4-5-8-17(15)22-19(16)20(21)23/h4-5,7-8H,3,6,9-14H2,1-2H3/p+1/t21-/m0/s1. The summed E-state index contributed by atoms with van der Waals surface area (Å²) in [6, 6.07) is 8.62. The zero-order chi connectivity index (χ0) is 17.4. The molecule has 3 heterocycles. The summed E-state index contributed by atoms with van der Waals surface area (Å²) in [5.74, 6) is -0.0989. The number of aromatic amines is 1. The number of H-pyrrole nitrogens is 1. The maximum absolute atomic E-state index is 11.8. The minimum atomic E-state index is -0.0989. The molecule has 0 amide bonds. The van der Waals surface area contributed by atoms with Gasteiger partial charge in [-0.25, -0.2) is 4.58 Å². The van der Waals surface area contributed by atoms with Crippen molar-refractivity contribution < 1.29 is 14.1 Å². The molecule has 1 aromatic carbocycles. The second-order valence-electron chi connectivity index (χ2n) is 7.42. The van der Waals surface area contributed by atoms with Gasteiger partial charge in [0.2, 0.25) is 5.71 Å². The minimum Gasteiger partial charge on any atom is -0.469 e. The molecule has 0 saturated heterocycles. The lowest BCUT2D eigenvalue weighted by molar-refractivity contribution is -0.538. The predicted octanol–water partition coefficient (Wildman–Crippen LogP) is 3.67. The lowest BCUT2D eigenvalue weighted by Gasteiger charge is -2.37. The topological polar surface area (TPSA) is 45.1 Å². The number of aromatic nitrogens is 1. The molecule has 1 aromatic heterocycles. The molecular weight excluding hydrogens is 312 g/mol. The largest absolute Gasteiger partial charge is 0.469 e. The first-order chi connectivity index (χ1) is 12.2. The first-order valence-electron chi connectivity index (χ1n) is 9.47. The molecular formula is C21H27N2O2+. The molecule has 0 unspecified atom stereocenters.